The predicted molar refractivity (Wildman–Crippen MR) is 106 cm³/mol. The zero-order valence-electron chi connectivity index (χ0n) is 15.7. The first kappa shape index (κ1) is 20.7. The normalized spacial score (nSPS) is 23.3. The van der Waals surface area contributed by atoms with Crippen LogP contribution in [-0.4, -0.2) is 53.8 Å². The van der Waals surface area contributed by atoms with Gasteiger partial charge in [-0.05, 0) is 51.7 Å². The van der Waals surface area contributed by atoms with E-state index in [4.69, 9.17) is 5.73 Å². The monoisotopic (exact) mass is 379 g/mol. The molecule has 2 atom stereocenters. The summed E-state index contributed by atoms with van der Waals surface area (Å²) in [6.45, 7) is 6.72. The third-order valence-corrected chi connectivity index (χ3v) is 5.30. The van der Waals surface area contributed by atoms with Gasteiger partial charge in [-0.1, -0.05) is 17.2 Å². The average Bonchev–Trinajstić information content (AvgIpc) is 2.59. The van der Waals surface area contributed by atoms with Crippen LogP contribution in [0.1, 0.15) is 47.2 Å². The standard InChI is InChI=1S/C20H29N3O2.ClH/c1-14-9-15(2)11-17(10-14)20(25)22-7-3-5-16(12-22)19(24)23-8-4-6-18(21)13-23;/h9-11,16,18H,3-8,12-13,21H2,1-2H3;1H. The number of nitrogens with two attached hydrogens (primary N) is 1. The molecule has 2 aliphatic rings. The molecule has 5 nitrogen and oxygen atoms in total. The van der Waals surface area contributed by atoms with Crippen LogP contribution in [0, 0.1) is 19.8 Å². The van der Waals surface area contributed by atoms with Crippen LogP contribution in [0.4, 0.5) is 0 Å². The molecule has 1 aromatic rings. The first-order chi connectivity index (χ1) is 11.9. The Kier molecular flexibility index (Phi) is 7.07. The molecule has 0 saturated carbocycles. The summed E-state index contributed by atoms with van der Waals surface area (Å²) in [5.41, 5.74) is 8.93. The van der Waals surface area contributed by atoms with Crippen LogP contribution in [0.5, 0.6) is 0 Å². The Balaban J connectivity index is 0.00000243. The fourth-order valence-corrected chi connectivity index (χ4v) is 4.11. The van der Waals surface area contributed by atoms with Crippen LogP contribution in [0.2, 0.25) is 0 Å². The lowest BCUT2D eigenvalue weighted by molar-refractivity contribution is -0.138. The Hall–Kier alpha value is -1.59. The summed E-state index contributed by atoms with van der Waals surface area (Å²) >= 11 is 0. The average molecular weight is 380 g/mol. The van der Waals surface area contributed by atoms with Crippen LogP contribution in [0.25, 0.3) is 0 Å². The lowest BCUT2D eigenvalue weighted by Crippen LogP contribution is -2.51. The summed E-state index contributed by atoms with van der Waals surface area (Å²) in [6, 6.07) is 6.03. The van der Waals surface area contributed by atoms with Crippen molar-refractivity contribution in [2.45, 2.75) is 45.6 Å². The minimum Gasteiger partial charge on any atom is -0.341 e. The topological polar surface area (TPSA) is 66.6 Å². The zero-order chi connectivity index (χ0) is 18.0. The second-order valence-electron chi connectivity index (χ2n) is 7.65. The number of likely N-dealkylation sites (tertiary alicyclic amines) is 2. The molecule has 26 heavy (non-hydrogen) atoms. The number of aryl methyl sites for hydroxylation is 2. The van der Waals surface area contributed by atoms with Gasteiger partial charge in [-0.2, -0.15) is 0 Å². The number of piperidine rings is 2. The van der Waals surface area contributed by atoms with Crippen molar-refractivity contribution in [3.63, 3.8) is 0 Å². The van der Waals surface area contributed by atoms with E-state index >= 15 is 0 Å². The van der Waals surface area contributed by atoms with Gasteiger partial charge in [0.1, 0.15) is 0 Å². The number of nitrogens with zero attached hydrogens (tertiary/aromatic N) is 2. The van der Waals surface area contributed by atoms with Crippen LogP contribution in [0.3, 0.4) is 0 Å². The van der Waals surface area contributed by atoms with Gasteiger partial charge < -0.3 is 15.5 Å². The molecule has 3 rings (SSSR count). The van der Waals surface area contributed by atoms with Crippen molar-refractivity contribution in [2.24, 2.45) is 11.7 Å². The van der Waals surface area contributed by atoms with Gasteiger partial charge in [-0.25, -0.2) is 0 Å². The van der Waals surface area contributed by atoms with Crippen molar-refractivity contribution in [3.05, 3.63) is 34.9 Å². The molecule has 2 amide bonds. The highest BCUT2D eigenvalue weighted by molar-refractivity contribution is 5.95. The van der Waals surface area contributed by atoms with Gasteiger partial charge >= 0.3 is 0 Å². The van der Waals surface area contributed by atoms with E-state index in [2.05, 4.69) is 6.07 Å². The van der Waals surface area contributed by atoms with E-state index in [-0.39, 0.29) is 36.2 Å². The molecule has 2 saturated heterocycles. The molecule has 2 aliphatic heterocycles. The van der Waals surface area contributed by atoms with Gasteiger partial charge in [0.15, 0.2) is 0 Å². The second kappa shape index (κ2) is 8.87. The second-order valence-corrected chi connectivity index (χ2v) is 7.65. The van der Waals surface area contributed by atoms with Crippen molar-refractivity contribution in [2.75, 3.05) is 26.2 Å². The van der Waals surface area contributed by atoms with Crippen molar-refractivity contribution in [1.29, 1.82) is 0 Å². The first-order valence-corrected chi connectivity index (χ1v) is 9.36. The Labute approximate surface area is 162 Å². The van der Waals surface area contributed by atoms with Gasteiger partial charge in [-0.3, -0.25) is 9.59 Å². The van der Waals surface area contributed by atoms with E-state index in [9.17, 15) is 9.59 Å². The van der Waals surface area contributed by atoms with Crippen LogP contribution in [0.15, 0.2) is 18.2 Å². The quantitative estimate of drug-likeness (QED) is 0.858. The van der Waals surface area contributed by atoms with Gasteiger partial charge in [0.25, 0.3) is 5.91 Å². The van der Waals surface area contributed by atoms with Gasteiger partial charge in [0.05, 0.1) is 5.92 Å². The Morgan fingerprint density at radius 3 is 2.23 bits per heavy atom. The number of carbonyl (C=O) groups excluding carboxylic acids is 2. The molecule has 0 aliphatic carbocycles. The van der Waals surface area contributed by atoms with Crippen LogP contribution >= 0.6 is 12.4 Å². The minimum absolute atomic E-state index is 0. The van der Waals surface area contributed by atoms with E-state index in [1.165, 1.54) is 0 Å². The molecule has 144 valence electrons. The Bertz CT molecular complexity index is 644. The van der Waals surface area contributed by atoms with Crippen LogP contribution in [-0.2, 0) is 4.79 Å². The summed E-state index contributed by atoms with van der Waals surface area (Å²) in [7, 11) is 0. The first-order valence-electron chi connectivity index (χ1n) is 9.36. The van der Waals surface area contributed by atoms with Gasteiger partial charge in [-0.15, -0.1) is 12.4 Å². The van der Waals surface area contributed by atoms with Crippen LogP contribution < -0.4 is 5.73 Å². The molecule has 6 heteroatoms. The lowest BCUT2D eigenvalue weighted by Gasteiger charge is -2.37. The smallest absolute Gasteiger partial charge is 0.253 e. The highest BCUT2D eigenvalue weighted by Crippen LogP contribution is 2.23. The SMILES string of the molecule is Cc1cc(C)cc(C(=O)N2CCCC(C(=O)N3CCCC(N)C3)C2)c1.Cl. The Morgan fingerprint density at radius 2 is 1.58 bits per heavy atom. The molecule has 1 aromatic carbocycles. The molecular weight excluding hydrogens is 350 g/mol. The summed E-state index contributed by atoms with van der Waals surface area (Å²) in [5.74, 6) is 0.127. The number of amides is 2. The number of hydrogen-bond acceptors (Lipinski definition) is 3. The fraction of sp³-hybridized carbons (Fsp3) is 0.600. The zero-order valence-corrected chi connectivity index (χ0v) is 16.6. The summed E-state index contributed by atoms with van der Waals surface area (Å²) in [5, 5.41) is 0. The number of halogens is 1. The van der Waals surface area contributed by atoms with Gasteiger partial charge in [0.2, 0.25) is 5.91 Å². The molecule has 2 unspecified atom stereocenters. The number of benzene rings is 1. The largest absolute Gasteiger partial charge is 0.341 e. The fourth-order valence-electron chi connectivity index (χ4n) is 4.11. The van der Waals surface area contributed by atoms with E-state index in [0.29, 0.717) is 13.1 Å². The third kappa shape index (κ3) is 4.77. The van der Waals surface area contributed by atoms with Crippen molar-refractivity contribution >= 4 is 24.2 Å². The molecule has 0 spiro atoms. The van der Waals surface area contributed by atoms with E-state index in [0.717, 1.165) is 55.5 Å². The highest BCUT2D eigenvalue weighted by Gasteiger charge is 2.33. The van der Waals surface area contributed by atoms with Crippen molar-refractivity contribution in [3.8, 4) is 0 Å². The maximum Gasteiger partial charge on any atom is 0.253 e. The van der Waals surface area contributed by atoms with Crippen molar-refractivity contribution in [1.82, 2.24) is 9.80 Å². The summed E-state index contributed by atoms with van der Waals surface area (Å²) in [4.78, 5) is 29.5. The molecule has 2 heterocycles. The van der Waals surface area contributed by atoms with Gasteiger partial charge in [0, 0.05) is 37.8 Å². The Morgan fingerprint density at radius 1 is 0.962 bits per heavy atom. The number of hydrogen-bond donors (Lipinski definition) is 1. The molecule has 0 radical (unpaired) electrons. The molecule has 0 bridgehead atoms. The molecule has 0 aromatic heterocycles. The number of carbonyl (C=O) groups is 2. The van der Waals surface area contributed by atoms with E-state index in [1.54, 1.807) is 0 Å². The predicted octanol–water partition coefficient (Wildman–Crippen LogP) is 2.53. The highest BCUT2D eigenvalue weighted by atomic mass is 35.5. The maximum absolute atomic E-state index is 12.9. The summed E-state index contributed by atoms with van der Waals surface area (Å²) < 4.78 is 0. The number of rotatable bonds is 2. The third-order valence-electron chi connectivity index (χ3n) is 5.30. The molecular formula is C20H30ClN3O2. The lowest BCUT2D eigenvalue weighted by atomic mass is 9.94. The molecule has 2 N–H and O–H groups in total. The van der Waals surface area contributed by atoms with E-state index < -0.39 is 0 Å². The molecule has 2 fully saturated rings. The van der Waals surface area contributed by atoms with E-state index in [1.807, 2.05) is 35.8 Å². The van der Waals surface area contributed by atoms with Crippen molar-refractivity contribution < 1.29 is 9.59 Å². The summed E-state index contributed by atoms with van der Waals surface area (Å²) in [6.07, 6.45) is 3.71. The maximum atomic E-state index is 12.9. The minimum atomic E-state index is -0.0890.